The Hall–Kier alpha value is -1.65. The topological polar surface area (TPSA) is 82.1 Å². The van der Waals surface area contributed by atoms with Gasteiger partial charge in [0.25, 0.3) is 5.91 Å². The monoisotopic (exact) mass is 393 g/mol. The van der Waals surface area contributed by atoms with Gasteiger partial charge in [0.2, 0.25) is 5.91 Å². The van der Waals surface area contributed by atoms with Crippen molar-refractivity contribution in [3.63, 3.8) is 0 Å². The molecule has 0 saturated heterocycles. The number of nitrogens with one attached hydrogen (secondary N) is 3. The molecule has 0 atom stereocenters. The van der Waals surface area contributed by atoms with E-state index in [9.17, 15) is 9.59 Å². The lowest BCUT2D eigenvalue weighted by Crippen LogP contribution is -2.41. The first kappa shape index (κ1) is 26.4. The zero-order valence-electron chi connectivity index (χ0n) is 18.3. The number of hydrogen-bond donors (Lipinski definition) is 3. The van der Waals surface area contributed by atoms with E-state index in [1.54, 1.807) is 6.92 Å². The van der Waals surface area contributed by atoms with Gasteiger partial charge in [-0.3, -0.25) is 20.4 Å². The minimum absolute atomic E-state index is 0.161. The Morgan fingerprint density at radius 1 is 0.714 bits per heavy atom. The molecule has 0 rings (SSSR count). The highest BCUT2D eigenvalue weighted by molar-refractivity contribution is 5.97. The zero-order chi connectivity index (χ0) is 20.9. The third-order valence-electron chi connectivity index (χ3n) is 5.01. The van der Waals surface area contributed by atoms with Gasteiger partial charge in [-0.15, -0.1) is 0 Å². The molecule has 0 heterocycles. The van der Waals surface area contributed by atoms with Crippen molar-refractivity contribution in [1.29, 1.82) is 5.41 Å². The average Bonchev–Trinajstić information content (AvgIpc) is 2.69. The molecular formula is C23H43N3O2. The van der Waals surface area contributed by atoms with Crippen LogP contribution in [-0.2, 0) is 9.59 Å². The molecule has 28 heavy (non-hydrogen) atoms. The second kappa shape index (κ2) is 20.1. The van der Waals surface area contributed by atoms with Crippen LogP contribution in [0.4, 0.5) is 0 Å². The molecule has 0 aliphatic heterocycles. The summed E-state index contributed by atoms with van der Waals surface area (Å²) in [7, 11) is 0. The molecule has 0 spiro atoms. The predicted molar refractivity (Wildman–Crippen MR) is 118 cm³/mol. The van der Waals surface area contributed by atoms with Crippen LogP contribution in [0.15, 0.2) is 11.6 Å². The standard InChI is InChI=1S/C23H43N3O2/c1-3-4-5-6-7-8-9-10-11-12-13-14-15-16-17-18-22(27)25-26-23(28)21(2)19-20-24/h19-20,24H,3-18H2,1-2H3,(H,25,27)(H,26,28)/b21-19+,24-20?. The van der Waals surface area contributed by atoms with Crippen LogP contribution in [-0.4, -0.2) is 18.0 Å². The van der Waals surface area contributed by atoms with E-state index >= 15 is 0 Å². The minimum Gasteiger partial charge on any atom is -0.309 e. The molecule has 0 radical (unpaired) electrons. The van der Waals surface area contributed by atoms with E-state index < -0.39 is 0 Å². The van der Waals surface area contributed by atoms with Gasteiger partial charge in [0.05, 0.1) is 0 Å². The lowest BCUT2D eigenvalue weighted by Gasteiger charge is -2.07. The third-order valence-corrected chi connectivity index (χ3v) is 5.01. The van der Waals surface area contributed by atoms with Crippen molar-refractivity contribution < 1.29 is 9.59 Å². The molecule has 0 bridgehead atoms. The quantitative estimate of drug-likeness (QED) is 0.116. The van der Waals surface area contributed by atoms with Crippen LogP contribution in [0, 0.1) is 5.41 Å². The van der Waals surface area contributed by atoms with E-state index in [4.69, 9.17) is 5.41 Å². The van der Waals surface area contributed by atoms with Crippen molar-refractivity contribution >= 4 is 18.0 Å². The fourth-order valence-electron chi connectivity index (χ4n) is 3.15. The van der Waals surface area contributed by atoms with Gasteiger partial charge in [0, 0.05) is 18.2 Å². The molecule has 0 aromatic heterocycles. The van der Waals surface area contributed by atoms with Gasteiger partial charge in [-0.25, -0.2) is 0 Å². The van der Waals surface area contributed by atoms with Crippen molar-refractivity contribution in [2.45, 2.75) is 117 Å². The number of hydrogen-bond acceptors (Lipinski definition) is 3. The predicted octanol–water partition coefficient (Wildman–Crippen LogP) is 5.99. The molecule has 0 unspecified atom stereocenters. The number of allylic oxidation sites excluding steroid dienone is 1. The maximum atomic E-state index is 11.7. The number of hydrazine groups is 1. The summed E-state index contributed by atoms with van der Waals surface area (Å²) in [4.78, 5) is 23.2. The van der Waals surface area contributed by atoms with Crippen molar-refractivity contribution in [2.24, 2.45) is 0 Å². The molecule has 0 aromatic rings. The Morgan fingerprint density at radius 2 is 1.14 bits per heavy atom. The Morgan fingerprint density at radius 3 is 1.57 bits per heavy atom. The Balaban J connectivity index is 3.32. The van der Waals surface area contributed by atoms with Gasteiger partial charge in [-0.2, -0.15) is 0 Å². The Bertz CT molecular complexity index is 447. The summed E-state index contributed by atoms with van der Waals surface area (Å²) in [5.74, 6) is -0.543. The molecule has 0 aliphatic rings. The second-order valence-corrected chi connectivity index (χ2v) is 7.72. The molecule has 0 saturated carbocycles. The van der Waals surface area contributed by atoms with Crippen molar-refractivity contribution in [1.82, 2.24) is 10.9 Å². The van der Waals surface area contributed by atoms with E-state index in [1.807, 2.05) is 0 Å². The van der Waals surface area contributed by atoms with Crippen molar-refractivity contribution in [3.8, 4) is 0 Å². The second-order valence-electron chi connectivity index (χ2n) is 7.72. The number of amides is 2. The van der Waals surface area contributed by atoms with Gasteiger partial charge in [-0.1, -0.05) is 96.8 Å². The molecule has 5 nitrogen and oxygen atoms in total. The van der Waals surface area contributed by atoms with Crippen LogP contribution in [0.25, 0.3) is 0 Å². The summed E-state index contributed by atoms with van der Waals surface area (Å²) in [6, 6.07) is 0. The molecular weight excluding hydrogens is 350 g/mol. The largest absolute Gasteiger partial charge is 0.309 e. The number of carbonyl (C=O) groups excluding carboxylic acids is 2. The van der Waals surface area contributed by atoms with E-state index in [0.29, 0.717) is 12.0 Å². The maximum absolute atomic E-state index is 11.7. The fourth-order valence-corrected chi connectivity index (χ4v) is 3.15. The lowest BCUT2D eigenvalue weighted by atomic mass is 10.0. The van der Waals surface area contributed by atoms with Crippen LogP contribution in [0.2, 0.25) is 0 Å². The van der Waals surface area contributed by atoms with E-state index in [2.05, 4.69) is 17.8 Å². The summed E-state index contributed by atoms with van der Waals surface area (Å²) >= 11 is 0. The highest BCUT2D eigenvalue weighted by Gasteiger charge is 2.05. The summed E-state index contributed by atoms with van der Waals surface area (Å²) in [6.07, 6.45) is 22.4. The summed E-state index contributed by atoms with van der Waals surface area (Å²) in [5.41, 5.74) is 5.17. The molecule has 5 heteroatoms. The van der Waals surface area contributed by atoms with Gasteiger partial charge < -0.3 is 5.41 Å². The lowest BCUT2D eigenvalue weighted by molar-refractivity contribution is -0.127. The number of rotatable bonds is 18. The summed E-state index contributed by atoms with van der Waals surface area (Å²) in [6.45, 7) is 3.86. The summed E-state index contributed by atoms with van der Waals surface area (Å²) in [5, 5.41) is 6.91. The maximum Gasteiger partial charge on any atom is 0.265 e. The normalized spacial score (nSPS) is 11.3. The van der Waals surface area contributed by atoms with Gasteiger partial charge in [0.15, 0.2) is 0 Å². The number of carbonyl (C=O) groups is 2. The van der Waals surface area contributed by atoms with Crippen molar-refractivity contribution in [2.75, 3.05) is 0 Å². The minimum atomic E-state index is -0.381. The van der Waals surface area contributed by atoms with Crippen LogP contribution >= 0.6 is 0 Å². The molecule has 3 N–H and O–H groups in total. The highest BCUT2D eigenvalue weighted by Crippen LogP contribution is 2.13. The van der Waals surface area contributed by atoms with Gasteiger partial charge in [0.1, 0.15) is 0 Å². The van der Waals surface area contributed by atoms with Crippen LogP contribution in [0.5, 0.6) is 0 Å². The van der Waals surface area contributed by atoms with Crippen molar-refractivity contribution in [3.05, 3.63) is 11.6 Å². The smallest absolute Gasteiger partial charge is 0.265 e. The van der Waals surface area contributed by atoms with Crippen LogP contribution < -0.4 is 10.9 Å². The molecule has 0 aromatic carbocycles. The van der Waals surface area contributed by atoms with Gasteiger partial charge >= 0.3 is 0 Å². The molecule has 0 fully saturated rings. The fraction of sp³-hybridized carbons (Fsp3) is 0.783. The van der Waals surface area contributed by atoms with Crippen LogP contribution in [0.1, 0.15) is 117 Å². The molecule has 0 aliphatic carbocycles. The first-order chi connectivity index (χ1) is 13.6. The Kier molecular flexibility index (Phi) is 18.9. The van der Waals surface area contributed by atoms with E-state index in [1.165, 1.54) is 89.5 Å². The van der Waals surface area contributed by atoms with E-state index in [-0.39, 0.29) is 11.8 Å². The Labute approximate surface area is 172 Å². The molecule has 162 valence electrons. The molecule has 2 amide bonds. The SMILES string of the molecule is CCCCCCCCCCCCCCCCCC(=O)NNC(=O)/C(C)=C/C=N. The first-order valence-electron chi connectivity index (χ1n) is 11.4. The summed E-state index contributed by atoms with van der Waals surface area (Å²) < 4.78 is 0. The highest BCUT2D eigenvalue weighted by atomic mass is 16.2. The zero-order valence-corrected chi connectivity index (χ0v) is 18.3. The first-order valence-corrected chi connectivity index (χ1v) is 11.4. The van der Waals surface area contributed by atoms with E-state index in [0.717, 1.165) is 19.1 Å². The number of unbranched alkanes of at least 4 members (excludes halogenated alkanes) is 14. The van der Waals surface area contributed by atoms with Gasteiger partial charge in [-0.05, 0) is 19.4 Å². The average molecular weight is 394 g/mol. The van der Waals surface area contributed by atoms with Crippen LogP contribution in [0.3, 0.4) is 0 Å². The third kappa shape index (κ3) is 17.7.